The number of fused-ring (bicyclic) bond motifs is 1. The highest BCUT2D eigenvalue weighted by Gasteiger charge is 2.10. The number of esters is 1. The summed E-state index contributed by atoms with van der Waals surface area (Å²) in [7, 11) is 1.35. The van der Waals surface area contributed by atoms with E-state index in [4.69, 9.17) is 4.74 Å². The SMILES string of the molecule is COC(=O)c1ccc2ccn(CC(=O)Nc3ccc(C)cc3)c2c1. The third kappa shape index (κ3) is 3.30. The van der Waals surface area contributed by atoms with Gasteiger partial charge in [-0.05, 0) is 42.6 Å². The summed E-state index contributed by atoms with van der Waals surface area (Å²) in [4.78, 5) is 23.9. The van der Waals surface area contributed by atoms with Gasteiger partial charge in [0.15, 0.2) is 0 Å². The van der Waals surface area contributed by atoms with Gasteiger partial charge in [-0.15, -0.1) is 0 Å². The minimum absolute atomic E-state index is 0.125. The Labute approximate surface area is 139 Å². The number of hydrogen-bond acceptors (Lipinski definition) is 3. The second kappa shape index (κ2) is 6.58. The van der Waals surface area contributed by atoms with Crippen LogP contribution in [0, 0.1) is 6.92 Å². The zero-order chi connectivity index (χ0) is 17.1. The zero-order valence-corrected chi connectivity index (χ0v) is 13.6. The van der Waals surface area contributed by atoms with Crippen LogP contribution in [0.3, 0.4) is 0 Å². The summed E-state index contributed by atoms with van der Waals surface area (Å²) >= 11 is 0. The van der Waals surface area contributed by atoms with E-state index < -0.39 is 5.97 Å². The Hall–Kier alpha value is -3.08. The Morgan fingerprint density at radius 1 is 1.08 bits per heavy atom. The number of nitrogens with one attached hydrogen (secondary N) is 1. The molecule has 5 heteroatoms. The molecule has 0 saturated heterocycles. The van der Waals surface area contributed by atoms with Crippen LogP contribution in [0.1, 0.15) is 15.9 Å². The first-order chi connectivity index (χ1) is 11.6. The Kier molecular flexibility index (Phi) is 4.33. The number of carbonyl (C=O) groups excluding carboxylic acids is 2. The van der Waals surface area contributed by atoms with Crippen molar-refractivity contribution in [2.45, 2.75) is 13.5 Å². The molecule has 1 amide bonds. The second-order valence-corrected chi connectivity index (χ2v) is 5.62. The summed E-state index contributed by atoms with van der Waals surface area (Å²) in [5.41, 5.74) is 3.18. The molecule has 122 valence electrons. The van der Waals surface area contributed by atoms with Crippen LogP contribution in [-0.2, 0) is 16.1 Å². The highest BCUT2D eigenvalue weighted by Crippen LogP contribution is 2.18. The third-order valence-electron chi connectivity index (χ3n) is 3.84. The fraction of sp³-hybridized carbons (Fsp3) is 0.158. The summed E-state index contributed by atoms with van der Waals surface area (Å²) in [5, 5.41) is 3.83. The van der Waals surface area contributed by atoms with Gasteiger partial charge in [0.05, 0.1) is 12.7 Å². The fourth-order valence-electron chi connectivity index (χ4n) is 2.56. The Bertz CT molecular complexity index is 895. The first-order valence-electron chi connectivity index (χ1n) is 7.60. The van der Waals surface area contributed by atoms with Crippen LogP contribution in [0.2, 0.25) is 0 Å². The Morgan fingerprint density at radius 2 is 1.83 bits per heavy atom. The van der Waals surface area contributed by atoms with Crippen molar-refractivity contribution >= 4 is 28.5 Å². The molecule has 24 heavy (non-hydrogen) atoms. The maximum Gasteiger partial charge on any atom is 0.337 e. The van der Waals surface area contributed by atoms with Crippen LogP contribution in [0.25, 0.3) is 10.9 Å². The van der Waals surface area contributed by atoms with Crippen LogP contribution >= 0.6 is 0 Å². The van der Waals surface area contributed by atoms with Crippen molar-refractivity contribution in [3.05, 3.63) is 65.9 Å². The van der Waals surface area contributed by atoms with Gasteiger partial charge in [0.1, 0.15) is 6.54 Å². The predicted molar refractivity (Wildman–Crippen MR) is 93.1 cm³/mol. The number of rotatable bonds is 4. The van der Waals surface area contributed by atoms with Crippen LogP contribution < -0.4 is 5.32 Å². The van der Waals surface area contributed by atoms with Crippen molar-refractivity contribution in [2.75, 3.05) is 12.4 Å². The molecule has 0 aliphatic carbocycles. The van der Waals surface area contributed by atoms with E-state index in [1.165, 1.54) is 7.11 Å². The van der Waals surface area contributed by atoms with Gasteiger partial charge >= 0.3 is 5.97 Å². The summed E-state index contributed by atoms with van der Waals surface area (Å²) < 4.78 is 6.55. The first kappa shape index (κ1) is 15.8. The van der Waals surface area contributed by atoms with Crippen molar-refractivity contribution in [3.8, 4) is 0 Å². The average Bonchev–Trinajstić information content (AvgIpc) is 2.98. The summed E-state index contributed by atoms with van der Waals surface area (Å²) in [6, 6.07) is 14.8. The number of methoxy groups -OCH3 is 1. The molecule has 1 heterocycles. The number of aromatic nitrogens is 1. The van der Waals surface area contributed by atoms with Crippen LogP contribution in [0.4, 0.5) is 5.69 Å². The minimum Gasteiger partial charge on any atom is -0.465 e. The lowest BCUT2D eigenvalue weighted by Crippen LogP contribution is -2.18. The molecule has 0 radical (unpaired) electrons. The molecule has 0 spiro atoms. The number of ether oxygens (including phenoxy) is 1. The van der Waals surface area contributed by atoms with Gasteiger partial charge in [-0.25, -0.2) is 4.79 Å². The van der Waals surface area contributed by atoms with Crippen molar-refractivity contribution in [1.29, 1.82) is 0 Å². The molecule has 1 aromatic heterocycles. The predicted octanol–water partition coefficient (Wildman–Crippen LogP) is 3.38. The van der Waals surface area contributed by atoms with Gasteiger partial charge in [-0.3, -0.25) is 4.79 Å². The van der Waals surface area contributed by atoms with E-state index in [9.17, 15) is 9.59 Å². The largest absolute Gasteiger partial charge is 0.465 e. The second-order valence-electron chi connectivity index (χ2n) is 5.62. The molecular weight excluding hydrogens is 304 g/mol. The molecule has 3 rings (SSSR count). The number of aryl methyl sites for hydroxylation is 1. The lowest BCUT2D eigenvalue weighted by Gasteiger charge is -2.08. The van der Waals surface area contributed by atoms with E-state index in [0.29, 0.717) is 5.56 Å². The highest BCUT2D eigenvalue weighted by molar-refractivity contribution is 5.96. The molecule has 0 aliphatic heterocycles. The van der Waals surface area contributed by atoms with E-state index in [2.05, 4.69) is 5.32 Å². The first-order valence-corrected chi connectivity index (χ1v) is 7.60. The van der Waals surface area contributed by atoms with Crippen molar-refractivity contribution in [2.24, 2.45) is 0 Å². The van der Waals surface area contributed by atoms with E-state index >= 15 is 0 Å². The molecule has 0 saturated carbocycles. The maximum absolute atomic E-state index is 12.3. The van der Waals surface area contributed by atoms with Crippen LogP contribution in [0.15, 0.2) is 54.7 Å². The molecule has 0 unspecified atom stereocenters. The average molecular weight is 322 g/mol. The van der Waals surface area contributed by atoms with Gasteiger partial charge < -0.3 is 14.6 Å². The third-order valence-corrected chi connectivity index (χ3v) is 3.84. The van der Waals surface area contributed by atoms with Crippen molar-refractivity contribution in [1.82, 2.24) is 4.57 Å². The normalized spacial score (nSPS) is 10.6. The van der Waals surface area contributed by atoms with E-state index in [1.54, 1.807) is 12.1 Å². The number of hydrogen-bond donors (Lipinski definition) is 1. The molecule has 5 nitrogen and oxygen atoms in total. The van der Waals surface area contributed by atoms with E-state index in [0.717, 1.165) is 22.2 Å². The zero-order valence-electron chi connectivity index (χ0n) is 13.6. The van der Waals surface area contributed by atoms with Crippen molar-refractivity contribution < 1.29 is 14.3 Å². The molecule has 2 aromatic carbocycles. The molecular formula is C19H18N2O3. The topological polar surface area (TPSA) is 60.3 Å². The maximum atomic E-state index is 12.3. The highest BCUT2D eigenvalue weighted by atomic mass is 16.5. The molecule has 0 bridgehead atoms. The Balaban J connectivity index is 1.80. The Morgan fingerprint density at radius 3 is 2.54 bits per heavy atom. The van der Waals surface area contributed by atoms with Crippen LogP contribution in [-0.4, -0.2) is 23.6 Å². The lowest BCUT2D eigenvalue weighted by molar-refractivity contribution is -0.116. The number of amides is 1. The van der Waals surface area contributed by atoms with Gasteiger partial charge in [0.25, 0.3) is 0 Å². The number of benzene rings is 2. The molecule has 3 aromatic rings. The summed E-state index contributed by atoms with van der Waals surface area (Å²) in [5.74, 6) is -0.520. The van der Waals surface area contributed by atoms with Gasteiger partial charge in [-0.1, -0.05) is 23.8 Å². The molecule has 0 aliphatic rings. The summed E-state index contributed by atoms with van der Waals surface area (Å²) in [6.07, 6.45) is 1.83. The smallest absolute Gasteiger partial charge is 0.337 e. The number of carbonyl (C=O) groups is 2. The molecule has 0 fully saturated rings. The van der Waals surface area contributed by atoms with E-state index in [-0.39, 0.29) is 12.5 Å². The fourth-order valence-corrected chi connectivity index (χ4v) is 2.56. The van der Waals surface area contributed by atoms with Gasteiger partial charge in [0.2, 0.25) is 5.91 Å². The van der Waals surface area contributed by atoms with Crippen molar-refractivity contribution in [3.63, 3.8) is 0 Å². The number of nitrogens with zero attached hydrogens (tertiary/aromatic N) is 1. The number of anilines is 1. The molecule has 1 N–H and O–H groups in total. The lowest BCUT2D eigenvalue weighted by atomic mass is 10.1. The molecule has 0 atom stereocenters. The van der Waals surface area contributed by atoms with Crippen LogP contribution in [0.5, 0.6) is 0 Å². The van der Waals surface area contributed by atoms with Gasteiger partial charge in [-0.2, -0.15) is 0 Å². The van der Waals surface area contributed by atoms with Gasteiger partial charge in [0, 0.05) is 17.4 Å². The standard InChI is InChI=1S/C19H18N2O3/c1-13-3-7-16(8-4-13)20-18(22)12-21-10-9-14-5-6-15(11-17(14)21)19(23)24-2/h3-11H,12H2,1-2H3,(H,20,22). The quantitative estimate of drug-likeness (QED) is 0.749. The monoisotopic (exact) mass is 322 g/mol. The minimum atomic E-state index is -0.395. The summed E-state index contributed by atoms with van der Waals surface area (Å²) in [6.45, 7) is 2.17. The van der Waals surface area contributed by atoms with E-state index in [1.807, 2.05) is 54.1 Å².